The Hall–Kier alpha value is -2.41. The number of hydrogen-bond acceptors (Lipinski definition) is 5. The van der Waals surface area contributed by atoms with E-state index in [1.165, 1.54) is 0 Å². The molecule has 0 aliphatic heterocycles. The molecule has 0 saturated carbocycles. The zero-order valence-electron chi connectivity index (χ0n) is 14.4. The maximum absolute atomic E-state index is 12.1. The molecule has 0 unspecified atom stereocenters. The second-order valence-electron chi connectivity index (χ2n) is 6.15. The number of benzene rings is 2. The van der Waals surface area contributed by atoms with E-state index in [0.717, 1.165) is 0 Å². The number of aromatic nitrogens is 2. The first-order chi connectivity index (χ1) is 12.5. The van der Waals surface area contributed by atoms with Crippen LogP contribution in [0.25, 0.3) is 10.9 Å². The summed E-state index contributed by atoms with van der Waals surface area (Å²) in [5.41, 5.74) is 0.497. The highest BCUT2D eigenvalue weighted by molar-refractivity contribution is 6.30. The van der Waals surface area contributed by atoms with Crippen molar-refractivity contribution in [2.75, 3.05) is 20.2 Å². The van der Waals surface area contributed by atoms with Crippen LogP contribution in [0.15, 0.2) is 53.3 Å². The number of halogens is 1. The number of fused-ring (bicyclic) bond motifs is 1. The van der Waals surface area contributed by atoms with Crippen molar-refractivity contribution < 1.29 is 9.84 Å². The molecule has 1 aromatic heterocycles. The van der Waals surface area contributed by atoms with Gasteiger partial charge in [-0.25, -0.2) is 4.98 Å². The number of aromatic amines is 1. The summed E-state index contributed by atoms with van der Waals surface area (Å²) < 4.78 is 5.54. The molecule has 26 heavy (non-hydrogen) atoms. The number of likely N-dealkylation sites (N-methyl/N-ethyl adjacent to an activating group) is 1. The van der Waals surface area contributed by atoms with E-state index in [9.17, 15) is 9.90 Å². The Balaban J connectivity index is 1.55. The van der Waals surface area contributed by atoms with E-state index in [1.54, 1.807) is 30.3 Å². The summed E-state index contributed by atoms with van der Waals surface area (Å²) in [6, 6.07) is 14.2. The Morgan fingerprint density at radius 1 is 1.23 bits per heavy atom. The molecule has 2 aromatic carbocycles. The van der Waals surface area contributed by atoms with Gasteiger partial charge in [0.2, 0.25) is 0 Å². The molecule has 3 rings (SSSR count). The number of ether oxygens (including phenoxy) is 1. The van der Waals surface area contributed by atoms with E-state index < -0.39 is 6.10 Å². The van der Waals surface area contributed by atoms with Crippen molar-refractivity contribution in [3.63, 3.8) is 0 Å². The Bertz CT molecular complexity index is 927. The van der Waals surface area contributed by atoms with Crippen LogP contribution in [0.4, 0.5) is 0 Å². The van der Waals surface area contributed by atoms with Crippen LogP contribution in [0.3, 0.4) is 0 Å². The van der Waals surface area contributed by atoms with Gasteiger partial charge in [-0.05, 0) is 43.4 Å². The van der Waals surface area contributed by atoms with Crippen molar-refractivity contribution in [3.05, 3.63) is 69.7 Å². The molecule has 136 valence electrons. The number of para-hydroxylation sites is 1. The first kappa shape index (κ1) is 18.4. The minimum Gasteiger partial charge on any atom is -0.491 e. The summed E-state index contributed by atoms with van der Waals surface area (Å²) >= 11 is 5.82. The number of hydrogen-bond donors (Lipinski definition) is 2. The number of aliphatic hydroxyl groups excluding tert-OH is 1. The third-order valence-electron chi connectivity index (χ3n) is 3.86. The van der Waals surface area contributed by atoms with Crippen molar-refractivity contribution in [3.8, 4) is 5.75 Å². The largest absolute Gasteiger partial charge is 0.491 e. The van der Waals surface area contributed by atoms with Crippen LogP contribution in [-0.2, 0) is 6.54 Å². The average molecular weight is 374 g/mol. The number of aliphatic hydroxyl groups is 1. The van der Waals surface area contributed by atoms with Gasteiger partial charge in [0.25, 0.3) is 5.56 Å². The molecule has 0 saturated heterocycles. The molecule has 0 aliphatic carbocycles. The summed E-state index contributed by atoms with van der Waals surface area (Å²) in [5, 5.41) is 11.4. The topological polar surface area (TPSA) is 78.5 Å². The van der Waals surface area contributed by atoms with Gasteiger partial charge < -0.3 is 14.8 Å². The molecular weight excluding hydrogens is 354 g/mol. The Labute approximate surface area is 156 Å². The third-order valence-corrected chi connectivity index (χ3v) is 4.11. The summed E-state index contributed by atoms with van der Waals surface area (Å²) in [6.07, 6.45) is -0.678. The van der Waals surface area contributed by atoms with Crippen LogP contribution in [0.5, 0.6) is 5.75 Å². The third kappa shape index (κ3) is 4.82. The molecule has 0 bridgehead atoms. The van der Waals surface area contributed by atoms with Crippen molar-refractivity contribution in [1.29, 1.82) is 0 Å². The first-order valence-electron chi connectivity index (χ1n) is 8.24. The van der Waals surface area contributed by atoms with Gasteiger partial charge in [0.1, 0.15) is 24.3 Å². The van der Waals surface area contributed by atoms with Crippen LogP contribution in [0.1, 0.15) is 5.82 Å². The number of nitrogens with zero attached hydrogens (tertiary/aromatic N) is 2. The lowest BCUT2D eigenvalue weighted by atomic mass is 10.2. The van der Waals surface area contributed by atoms with Gasteiger partial charge in [0.05, 0.1) is 17.4 Å². The molecule has 3 aromatic rings. The van der Waals surface area contributed by atoms with Crippen LogP contribution in [-0.4, -0.2) is 46.3 Å². The maximum Gasteiger partial charge on any atom is 0.258 e. The molecule has 0 aliphatic rings. The lowest BCUT2D eigenvalue weighted by molar-refractivity contribution is 0.0737. The molecule has 0 radical (unpaired) electrons. The van der Waals surface area contributed by atoms with E-state index in [0.29, 0.717) is 40.6 Å². The van der Waals surface area contributed by atoms with Crippen LogP contribution >= 0.6 is 11.6 Å². The summed E-state index contributed by atoms with van der Waals surface area (Å²) in [4.78, 5) is 21.2. The predicted octanol–water partition coefficient (Wildman–Crippen LogP) is 2.45. The highest BCUT2D eigenvalue weighted by Gasteiger charge is 2.12. The van der Waals surface area contributed by atoms with Gasteiger partial charge in [-0.15, -0.1) is 0 Å². The van der Waals surface area contributed by atoms with Crippen LogP contribution < -0.4 is 10.3 Å². The zero-order chi connectivity index (χ0) is 18.5. The summed E-state index contributed by atoms with van der Waals surface area (Å²) in [5.74, 6) is 1.21. The molecule has 0 spiro atoms. The fraction of sp³-hybridized carbons (Fsp3) is 0.263. The normalized spacial score (nSPS) is 12.5. The number of nitrogens with one attached hydrogen (secondary N) is 1. The number of H-pyrrole nitrogens is 1. The minimum atomic E-state index is -0.678. The fourth-order valence-electron chi connectivity index (χ4n) is 2.67. The molecule has 1 heterocycles. The quantitative estimate of drug-likeness (QED) is 0.665. The van der Waals surface area contributed by atoms with E-state index in [2.05, 4.69) is 9.97 Å². The van der Waals surface area contributed by atoms with Crippen LogP contribution in [0.2, 0.25) is 5.02 Å². The molecule has 0 fully saturated rings. The highest BCUT2D eigenvalue weighted by Crippen LogP contribution is 2.15. The SMILES string of the molecule is CN(Cc1nc2ccccc2c(=O)[nH]1)C[C@H](O)COc1ccc(Cl)cc1. The molecule has 0 amide bonds. The standard InChI is InChI=1S/C19H20ClN3O3/c1-23(10-14(24)12-26-15-8-6-13(20)7-9-15)11-18-21-17-5-3-2-4-16(17)19(25)22-18/h2-9,14,24H,10-12H2,1H3,(H,21,22,25)/t14-/m0/s1. The van der Waals surface area contributed by atoms with Gasteiger partial charge in [-0.3, -0.25) is 9.69 Å². The molecular formula is C19H20ClN3O3. The summed E-state index contributed by atoms with van der Waals surface area (Å²) in [6.45, 7) is 0.954. The number of rotatable bonds is 7. The predicted molar refractivity (Wildman–Crippen MR) is 102 cm³/mol. The van der Waals surface area contributed by atoms with Crippen molar-refractivity contribution in [2.24, 2.45) is 0 Å². The highest BCUT2D eigenvalue weighted by atomic mass is 35.5. The second-order valence-corrected chi connectivity index (χ2v) is 6.58. The lowest BCUT2D eigenvalue weighted by Gasteiger charge is -2.20. The Morgan fingerprint density at radius 3 is 2.73 bits per heavy atom. The van der Waals surface area contributed by atoms with Gasteiger partial charge in [0, 0.05) is 11.6 Å². The van der Waals surface area contributed by atoms with Gasteiger partial charge >= 0.3 is 0 Å². The molecule has 1 atom stereocenters. The molecule has 2 N–H and O–H groups in total. The minimum absolute atomic E-state index is 0.160. The van der Waals surface area contributed by atoms with Gasteiger partial charge in [0.15, 0.2) is 0 Å². The smallest absolute Gasteiger partial charge is 0.258 e. The second kappa shape index (κ2) is 8.31. The lowest BCUT2D eigenvalue weighted by Crippen LogP contribution is -2.33. The summed E-state index contributed by atoms with van der Waals surface area (Å²) in [7, 11) is 1.85. The van der Waals surface area contributed by atoms with E-state index in [1.807, 2.05) is 30.1 Å². The van der Waals surface area contributed by atoms with E-state index >= 15 is 0 Å². The molecule has 7 heteroatoms. The molecule has 6 nitrogen and oxygen atoms in total. The average Bonchev–Trinajstić information content (AvgIpc) is 2.61. The zero-order valence-corrected chi connectivity index (χ0v) is 15.1. The van der Waals surface area contributed by atoms with Crippen LogP contribution in [0, 0.1) is 0 Å². The Morgan fingerprint density at radius 2 is 1.96 bits per heavy atom. The Kier molecular flexibility index (Phi) is 5.88. The fourth-order valence-corrected chi connectivity index (χ4v) is 2.79. The van der Waals surface area contributed by atoms with E-state index in [4.69, 9.17) is 16.3 Å². The van der Waals surface area contributed by atoms with Crippen molar-refractivity contribution >= 4 is 22.5 Å². The monoisotopic (exact) mass is 373 g/mol. The van der Waals surface area contributed by atoms with Gasteiger partial charge in [-0.2, -0.15) is 0 Å². The van der Waals surface area contributed by atoms with Crippen molar-refractivity contribution in [1.82, 2.24) is 14.9 Å². The van der Waals surface area contributed by atoms with E-state index in [-0.39, 0.29) is 12.2 Å². The first-order valence-corrected chi connectivity index (χ1v) is 8.62. The maximum atomic E-state index is 12.1. The van der Waals surface area contributed by atoms with Gasteiger partial charge in [-0.1, -0.05) is 23.7 Å². The van der Waals surface area contributed by atoms with Crippen molar-refractivity contribution in [2.45, 2.75) is 12.6 Å².